The Kier molecular flexibility index (Phi) is 4.79. The van der Waals surface area contributed by atoms with Gasteiger partial charge in [0, 0.05) is 21.2 Å². The zero-order valence-corrected chi connectivity index (χ0v) is 19.5. The summed E-state index contributed by atoms with van der Waals surface area (Å²) < 4.78 is 1.000. The highest BCUT2D eigenvalue weighted by Gasteiger charge is 2.41. The first kappa shape index (κ1) is 20.2. The molecule has 0 amide bonds. The molecule has 0 unspecified atom stereocenters. The predicted octanol–water partition coefficient (Wildman–Crippen LogP) is 8.05. The highest BCUT2D eigenvalue weighted by Crippen LogP contribution is 2.52. The first-order chi connectivity index (χ1) is 16.2. The second kappa shape index (κ2) is 7.84. The maximum absolute atomic E-state index is 12.9. The molecule has 1 aliphatic rings. The largest absolute Gasteiger partial charge is 0.376 e. The number of benzene rings is 5. The van der Waals surface area contributed by atoms with E-state index in [-0.39, 0.29) is 0 Å². The molecule has 6 rings (SSSR count). The Morgan fingerprint density at radius 2 is 0.697 bits per heavy atom. The van der Waals surface area contributed by atoms with Crippen molar-refractivity contribution in [3.8, 4) is 33.4 Å². The third-order valence-electron chi connectivity index (χ3n) is 6.62. The van der Waals surface area contributed by atoms with Crippen LogP contribution in [0.2, 0.25) is 0 Å². The lowest BCUT2D eigenvalue weighted by Gasteiger charge is -2.33. The van der Waals surface area contributed by atoms with Crippen LogP contribution in [0.15, 0.2) is 126 Å². The van der Waals surface area contributed by atoms with Crippen molar-refractivity contribution in [1.82, 2.24) is 0 Å². The van der Waals surface area contributed by atoms with Crippen LogP contribution in [0.3, 0.4) is 0 Å². The first-order valence-corrected chi connectivity index (χ1v) is 11.8. The van der Waals surface area contributed by atoms with Gasteiger partial charge in [0.05, 0.1) is 0 Å². The van der Waals surface area contributed by atoms with Gasteiger partial charge in [0.1, 0.15) is 5.60 Å². The average molecular weight is 489 g/mol. The SMILES string of the molecule is OC1(c2ccccc2-c2ccccc2Br)c2ccccc2-c2ccccc2-c2ccccc21. The second-order valence-electron chi connectivity index (χ2n) is 8.37. The Morgan fingerprint density at radius 1 is 0.394 bits per heavy atom. The van der Waals surface area contributed by atoms with Crippen molar-refractivity contribution >= 4 is 15.9 Å². The summed E-state index contributed by atoms with van der Waals surface area (Å²) in [5, 5.41) is 12.9. The molecule has 0 radical (unpaired) electrons. The fraction of sp³-hybridized carbons (Fsp3) is 0.0323. The van der Waals surface area contributed by atoms with Crippen LogP contribution in [0, 0.1) is 0 Å². The van der Waals surface area contributed by atoms with Gasteiger partial charge in [-0.2, -0.15) is 0 Å². The number of hydrogen-bond acceptors (Lipinski definition) is 1. The van der Waals surface area contributed by atoms with Gasteiger partial charge in [0.2, 0.25) is 0 Å². The number of fused-ring (bicyclic) bond motifs is 5. The van der Waals surface area contributed by atoms with Gasteiger partial charge in [0.15, 0.2) is 0 Å². The summed E-state index contributed by atoms with van der Waals surface area (Å²) in [6.45, 7) is 0. The second-order valence-corrected chi connectivity index (χ2v) is 9.23. The summed E-state index contributed by atoms with van der Waals surface area (Å²) >= 11 is 3.73. The Bertz CT molecular complexity index is 1430. The molecule has 5 aromatic carbocycles. The summed E-state index contributed by atoms with van der Waals surface area (Å²) in [6, 6.07) is 41.3. The van der Waals surface area contributed by atoms with E-state index in [2.05, 4.69) is 82.7 Å². The van der Waals surface area contributed by atoms with E-state index in [1.54, 1.807) is 0 Å². The molecule has 0 saturated heterocycles. The predicted molar refractivity (Wildman–Crippen MR) is 139 cm³/mol. The minimum atomic E-state index is -1.34. The minimum absolute atomic E-state index is 0.865. The minimum Gasteiger partial charge on any atom is -0.376 e. The van der Waals surface area contributed by atoms with Gasteiger partial charge in [-0.05, 0) is 39.4 Å². The van der Waals surface area contributed by atoms with E-state index in [9.17, 15) is 5.11 Å². The molecule has 0 bridgehead atoms. The summed E-state index contributed by atoms with van der Waals surface area (Å²) in [7, 11) is 0. The average Bonchev–Trinajstić information content (AvgIpc) is 2.97. The smallest absolute Gasteiger partial charge is 0.142 e. The van der Waals surface area contributed by atoms with Gasteiger partial charge in [-0.3, -0.25) is 0 Å². The standard InChI is InChI=1S/C31H21BrO/c32-30-20-10-6-16-26(30)25-15-5-9-19-29(25)31(33)27-17-7-3-13-23(27)21-11-1-2-12-22(21)24-14-4-8-18-28(24)31/h1-20,33H. The quantitative estimate of drug-likeness (QED) is 0.266. The molecular formula is C31H21BrO. The molecule has 0 fully saturated rings. The van der Waals surface area contributed by atoms with Crippen LogP contribution in [0.25, 0.3) is 33.4 Å². The van der Waals surface area contributed by atoms with Crippen LogP contribution in [0.1, 0.15) is 16.7 Å². The first-order valence-electron chi connectivity index (χ1n) is 11.0. The monoisotopic (exact) mass is 488 g/mol. The van der Waals surface area contributed by atoms with Crippen LogP contribution in [-0.4, -0.2) is 5.11 Å². The van der Waals surface area contributed by atoms with Gasteiger partial charge < -0.3 is 5.11 Å². The maximum Gasteiger partial charge on any atom is 0.142 e. The van der Waals surface area contributed by atoms with Crippen molar-refractivity contribution in [2.75, 3.05) is 0 Å². The molecule has 5 aromatic rings. The Morgan fingerprint density at radius 3 is 1.12 bits per heavy atom. The molecule has 33 heavy (non-hydrogen) atoms. The summed E-state index contributed by atoms with van der Waals surface area (Å²) in [4.78, 5) is 0. The van der Waals surface area contributed by atoms with E-state index >= 15 is 0 Å². The van der Waals surface area contributed by atoms with Gasteiger partial charge in [-0.1, -0.05) is 131 Å². The highest BCUT2D eigenvalue weighted by atomic mass is 79.9. The summed E-state index contributed by atoms with van der Waals surface area (Å²) in [5.41, 5.74) is 7.74. The third-order valence-corrected chi connectivity index (χ3v) is 7.31. The van der Waals surface area contributed by atoms with Gasteiger partial charge in [0.25, 0.3) is 0 Å². The van der Waals surface area contributed by atoms with Crippen molar-refractivity contribution in [3.05, 3.63) is 142 Å². The van der Waals surface area contributed by atoms with E-state index in [1.807, 2.05) is 54.6 Å². The van der Waals surface area contributed by atoms with E-state index in [1.165, 1.54) is 0 Å². The molecule has 0 saturated carbocycles. The van der Waals surface area contributed by atoms with Gasteiger partial charge in [-0.25, -0.2) is 0 Å². The molecule has 1 nitrogen and oxygen atoms in total. The number of rotatable bonds is 2. The van der Waals surface area contributed by atoms with Gasteiger partial charge >= 0.3 is 0 Å². The molecular weight excluding hydrogens is 468 g/mol. The lowest BCUT2D eigenvalue weighted by molar-refractivity contribution is 0.128. The Hall–Kier alpha value is -3.46. The highest BCUT2D eigenvalue weighted by molar-refractivity contribution is 9.10. The van der Waals surface area contributed by atoms with Crippen LogP contribution < -0.4 is 0 Å². The fourth-order valence-corrected chi connectivity index (χ4v) is 5.67. The van der Waals surface area contributed by atoms with Crippen molar-refractivity contribution < 1.29 is 5.11 Å². The van der Waals surface area contributed by atoms with Crippen molar-refractivity contribution in [3.63, 3.8) is 0 Å². The lowest BCUT2D eigenvalue weighted by atomic mass is 9.75. The van der Waals surface area contributed by atoms with Gasteiger partial charge in [-0.15, -0.1) is 0 Å². The third kappa shape index (κ3) is 3.02. The van der Waals surface area contributed by atoms with E-state index in [4.69, 9.17) is 0 Å². The zero-order valence-electron chi connectivity index (χ0n) is 17.9. The summed E-state index contributed by atoms with van der Waals surface area (Å²) in [6.07, 6.45) is 0. The molecule has 0 spiro atoms. The molecule has 158 valence electrons. The zero-order chi connectivity index (χ0) is 22.4. The molecule has 2 heteroatoms. The normalized spacial score (nSPS) is 13.4. The fourth-order valence-electron chi connectivity index (χ4n) is 5.17. The van der Waals surface area contributed by atoms with Crippen LogP contribution in [0.5, 0.6) is 0 Å². The number of aliphatic hydroxyl groups is 1. The Labute approximate surface area is 202 Å². The molecule has 1 aliphatic carbocycles. The van der Waals surface area contributed by atoms with E-state index in [0.717, 1.165) is 54.5 Å². The van der Waals surface area contributed by atoms with Crippen molar-refractivity contribution in [2.24, 2.45) is 0 Å². The van der Waals surface area contributed by atoms with E-state index in [0.29, 0.717) is 0 Å². The van der Waals surface area contributed by atoms with Crippen LogP contribution in [0.4, 0.5) is 0 Å². The molecule has 0 aromatic heterocycles. The molecule has 1 N–H and O–H groups in total. The van der Waals surface area contributed by atoms with Crippen molar-refractivity contribution in [2.45, 2.75) is 5.60 Å². The summed E-state index contributed by atoms with van der Waals surface area (Å²) in [5.74, 6) is 0. The van der Waals surface area contributed by atoms with Crippen molar-refractivity contribution in [1.29, 1.82) is 0 Å². The Balaban J connectivity index is 1.77. The molecule has 0 aliphatic heterocycles. The molecule has 0 heterocycles. The number of hydrogen-bond donors (Lipinski definition) is 1. The number of halogens is 1. The maximum atomic E-state index is 12.9. The topological polar surface area (TPSA) is 20.2 Å². The lowest BCUT2D eigenvalue weighted by Crippen LogP contribution is -2.30. The van der Waals surface area contributed by atoms with Crippen LogP contribution in [-0.2, 0) is 5.60 Å². The van der Waals surface area contributed by atoms with Crippen LogP contribution >= 0.6 is 15.9 Å². The molecule has 0 atom stereocenters. The van der Waals surface area contributed by atoms with E-state index < -0.39 is 5.60 Å².